The van der Waals surface area contributed by atoms with Gasteiger partial charge in [-0.05, 0) is 103 Å². The van der Waals surface area contributed by atoms with Gasteiger partial charge in [0.15, 0.2) is 11.5 Å². The average Bonchev–Trinajstić information content (AvgIpc) is 3.66. The van der Waals surface area contributed by atoms with Crippen molar-refractivity contribution in [2.45, 2.75) is 56.8 Å². The minimum Gasteiger partial charge on any atom is -0.475 e. The van der Waals surface area contributed by atoms with Crippen LogP contribution in [0.5, 0.6) is 0 Å². The van der Waals surface area contributed by atoms with Gasteiger partial charge in [-0.25, -0.2) is 9.59 Å². The molecule has 3 heterocycles. The molecule has 0 aliphatic carbocycles. The van der Waals surface area contributed by atoms with Gasteiger partial charge in [-0.2, -0.15) is 13.2 Å². The molecule has 0 bridgehead atoms. The molecule has 1 aromatic heterocycles. The van der Waals surface area contributed by atoms with Gasteiger partial charge in [-0.3, -0.25) is 4.79 Å². The predicted octanol–water partition coefficient (Wildman–Crippen LogP) is 6.71. The molecule has 6 rings (SSSR count). The van der Waals surface area contributed by atoms with Crippen LogP contribution in [0, 0.1) is 11.8 Å². The summed E-state index contributed by atoms with van der Waals surface area (Å²) in [6, 6.07) is 29.9. The van der Waals surface area contributed by atoms with E-state index in [0.29, 0.717) is 36.4 Å². The highest BCUT2D eigenvalue weighted by Crippen LogP contribution is 2.29. The first-order chi connectivity index (χ1) is 25.4. The summed E-state index contributed by atoms with van der Waals surface area (Å²) in [6.45, 7) is 4.53. The average molecular weight is 733 g/mol. The van der Waals surface area contributed by atoms with Crippen LogP contribution in [0.15, 0.2) is 95.4 Å². The Bertz CT molecular complexity index is 1850. The highest BCUT2D eigenvalue weighted by molar-refractivity contribution is 5.91. The third-order valence-electron chi connectivity index (χ3n) is 8.81. The van der Waals surface area contributed by atoms with E-state index >= 15 is 0 Å². The van der Waals surface area contributed by atoms with Crippen LogP contribution in [0.2, 0.25) is 0 Å². The maximum atomic E-state index is 12.8. The Morgan fingerprint density at radius 2 is 1.40 bits per heavy atom. The molecule has 0 radical (unpaired) electrons. The van der Waals surface area contributed by atoms with Gasteiger partial charge in [-0.15, -0.1) is 0 Å². The van der Waals surface area contributed by atoms with E-state index in [1.54, 1.807) is 12.1 Å². The summed E-state index contributed by atoms with van der Waals surface area (Å²) in [4.78, 5) is 34.0. The number of nitrogens with two attached hydrogens (primary N) is 1. The molecule has 2 saturated heterocycles. The van der Waals surface area contributed by atoms with Crippen molar-refractivity contribution in [2.75, 3.05) is 26.2 Å². The highest BCUT2D eigenvalue weighted by atomic mass is 19.4. The zero-order valence-electron chi connectivity index (χ0n) is 29.1. The van der Waals surface area contributed by atoms with Crippen molar-refractivity contribution in [3.63, 3.8) is 0 Å². The Balaban J connectivity index is 0.000000220. The van der Waals surface area contributed by atoms with Crippen molar-refractivity contribution < 1.29 is 42.2 Å². The number of furan rings is 1. The maximum Gasteiger partial charge on any atom is 0.490 e. The minimum atomic E-state index is -5.08. The number of likely N-dealkylation sites (tertiary alicyclic amines) is 1. The van der Waals surface area contributed by atoms with Gasteiger partial charge in [0.2, 0.25) is 0 Å². The third-order valence-corrected chi connectivity index (χ3v) is 8.81. The van der Waals surface area contributed by atoms with Gasteiger partial charge >= 0.3 is 18.2 Å². The molecule has 2 aliphatic rings. The number of alkyl halides is 3. The normalized spacial score (nSPS) is 14.7. The Morgan fingerprint density at radius 3 is 1.98 bits per heavy atom. The number of carbonyl (C=O) groups is 3. The molecule has 2 amide bonds. The fraction of sp³-hybridized carbons (Fsp3) is 0.325. The number of nitrogens with zero attached hydrogens (tertiary/aromatic N) is 1. The summed E-state index contributed by atoms with van der Waals surface area (Å²) in [5.74, 6) is 5.15. The van der Waals surface area contributed by atoms with Crippen LogP contribution in [-0.4, -0.2) is 65.4 Å². The number of benzene rings is 3. The van der Waals surface area contributed by atoms with E-state index in [9.17, 15) is 22.8 Å². The SMILES string of the molecule is NCc1cccc(C2CCN(C(=O)c3ccc(C#Cc4ccccc4)o3)CC2)c1.O=C(O)C(F)(F)F.O=C(O)NCc1cccc(C2CCNCC2)c1. The molecule has 4 aromatic rings. The first kappa shape index (κ1) is 40.2. The number of carbonyl (C=O) groups excluding carboxylic acids is 1. The van der Waals surface area contributed by atoms with Crippen molar-refractivity contribution in [3.05, 3.63) is 130 Å². The van der Waals surface area contributed by atoms with Crippen molar-refractivity contribution in [1.82, 2.24) is 15.5 Å². The van der Waals surface area contributed by atoms with Gasteiger partial charge in [0.05, 0.1) is 0 Å². The number of halogens is 3. The van der Waals surface area contributed by atoms with Crippen molar-refractivity contribution in [2.24, 2.45) is 5.73 Å². The van der Waals surface area contributed by atoms with Gasteiger partial charge in [0.1, 0.15) is 0 Å². The number of hydrogen-bond donors (Lipinski definition) is 5. The van der Waals surface area contributed by atoms with E-state index in [1.807, 2.05) is 47.4 Å². The molecule has 0 saturated carbocycles. The quantitative estimate of drug-likeness (QED) is 0.137. The largest absolute Gasteiger partial charge is 0.490 e. The number of amides is 2. The van der Waals surface area contributed by atoms with E-state index in [-0.39, 0.29) is 5.91 Å². The van der Waals surface area contributed by atoms with Crippen LogP contribution in [0.25, 0.3) is 0 Å². The van der Waals surface area contributed by atoms with Gasteiger partial charge in [0.25, 0.3) is 5.91 Å². The highest BCUT2D eigenvalue weighted by Gasteiger charge is 2.38. The Hall–Kier alpha value is -5.58. The van der Waals surface area contributed by atoms with E-state index in [0.717, 1.165) is 68.6 Å². The van der Waals surface area contributed by atoms with Crippen molar-refractivity contribution >= 4 is 18.0 Å². The summed E-state index contributed by atoms with van der Waals surface area (Å²) < 4.78 is 37.4. The smallest absolute Gasteiger partial charge is 0.475 e. The third kappa shape index (κ3) is 13.2. The molecular weight excluding hydrogens is 689 g/mol. The molecule has 6 N–H and O–H groups in total. The number of nitrogens with one attached hydrogen (secondary N) is 2. The molecule has 2 aliphatic heterocycles. The number of hydrogen-bond acceptors (Lipinski definition) is 6. The summed E-state index contributed by atoms with van der Waals surface area (Å²) >= 11 is 0. The monoisotopic (exact) mass is 732 g/mol. The molecule has 10 nitrogen and oxygen atoms in total. The van der Waals surface area contributed by atoms with E-state index in [4.69, 9.17) is 25.2 Å². The van der Waals surface area contributed by atoms with E-state index in [2.05, 4.69) is 58.9 Å². The lowest BCUT2D eigenvalue weighted by atomic mass is 9.88. The van der Waals surface area contributed by atoms with E-state index < -0.39 is 18.2 Å². The second-order valence-electron chi connectivity index (χ2n) is 12.5. The van der Waals surface area contributed by atoms with Gasteiger partial charge in [-0.1, -0.05) is 72.7 Å². The number of aliphatic carboxylic acids is 1. The van der Waals surface area contributed by atoms with E-state index in [1.165, 1.54) is 11.1 Å². The molecule has 0 atom stereocenters. The number of piperidine rings is 2. The zero-order valence-corrected chi connectivity index (χ0v) is 29.1. The first-order valence-corrected chi connectivity index (χ1v) is 17.2. The molecule has 0 spiro atoms. The van der Waals surface area contributed by atoms with Crippen LogP contribution in [0.4, 0.5) is 18.0 Å². The Kier molecular flexibility index (Phi) is 15.1. The lowest BCUT2D eigenvalue weighted by molar-refractivity contribution is -0.192. The molecule has 0 unspecified atom stereocenters. The van der Waals surface area contributed by atoms with Crippen LogP contribution in [-0.2, 0) is 17.9 Å². The second kappa shape index (κ2) is 19.9. The molecule has 280 valence electrons. The van der Waals surface area contributed by atoms with Crippen LogP contribution in [0.3, 0.4) is 0 Å². The standard InChI is InChI=1S/C25H24N2O2.C13H18N2O2.C2HF3O2/c26-18-20-7-4-8-22(17-20)21-13-15-27(16-14-21)25(28)24-12-11-23(29-24)10-9-19-5-2-1-3-6-19;16-13(17)15-9-10-2-1-3-12(8-10)11-4-6-14-7-5-11;3-2(4,5)1(6)7/h1-8,11-12,17,21H,13-16,18,26H2;1-3,8,11,14-15H,4-7,9H2,(H,16,17);(H,6,7). The molecule has 13 heteroatoms. The van der Waals surface area contributed by atoms with Gasteiger partial charge < -0.3 is 35.9 Å². The first-order valence-electron chi connectivity index (χ1n) is 17.2. The fourth-order valence-corrected chi connectivity index (χ4v) is 6.01. The Morgan fingerprint density at radius 1 is 0.811 bits per heavy atom. The summed E-state index contributed by atoms with van der Waals surface area (Å²) in [5, 5.41) is 21.4. The van der Waals surface area contributed by atoms with Crippen LogP contribution in [0.1, 0.15) is 81.7 Å². The second-order valence-corrected chi connectivity index (χ2v) is 12.5. The maximum absolute atomic E-state index is 12.8. The van der Waals surface area contributed by atoms with Crippen LogP contribution >= 0.6 is 0 Å². The molecule has 3 aromatic carbocycles. The van der Waals surface area contributed by atoms with Crippen molar-refractivity contribution in [3.8, 4) is 11.8 Å². The molecular formula is C40H43F3N4O6. The van der Waals surface area contributed by atoms with Crippen molar-refractivity contribution in [1.29, 1.82) is 0 Å². The lowest BCUT2D eigenvalue weighted by Gasteiger charge is -2.31. The Labute approximate surface area is 306 Å². The number of carboxylic acid groups (broad SMARTS) is 2. The predicted molar refractivity (Wildman–Crippen MR) is 193 cm³/mol. The number of carboxylic acids is 1. The topological polar surface area (TPSA) is 158 Å². The minimum absolute atomic E-state index is 0.0630. The fourth-order valence-electron chi connectivity index (χ4n) is 6.01. The summed E-state index contributed by atoms with van der Waals surface area (Å²) in [7, 11) is 0. The zero-order chi connectivity index (χ0) is 38.2. The van der Waals surface area contributed by atoms with Gasteiger partial charge in [0, 0.05) is 31.7 Å². The molecule has 53 heavy (non-hydrogen) atoms. The lowest BCUT2D eigenvalue weighted by Crippen LogP contribution is -2.37. The van der Waals surface area contributed by atoms with Crippen LogP contribution < -0.4 is 16.4 Å². The number of rotatable bonds is 6. The summed E-state index contributed by atoms with van der Waals surface area (Å²) in [5.41, 5.74) is 11.5. The summed E-state index contributed by atoms with van der Waals surface area (Å²) in [6.07, 6.45) is -1.84. The molecule has 2 fully saturated rings.